The fourth-order valence-electron chi connectivity index (χ4n) is 1.46. The first-order chi connectivity index (χ1) is 9.27. The number of sulfonamides is 1. The van der Waals surface area contributed by atoms with Crippen molar-refractivity contribution in [3.05, 3.63) is 45.9 Å². The number of anilines is 1. The highest BCUT2D eigenvalue weighted by Crippen LogP contribution is 2.35. The lowest BCUT2D eigenvalue weighted by Gasteiger charge is -2.11. The summed E-state index contributed by atoms with van der Waals surface area (Å²) >= 11 is 9.12. The Balaban J connectivity index is 2.43. The summed E-state index contributed by atoms with van der Waals surface area (Å²) in [7, 11) is -3.82. The summed E-state index contributed by atoms with van der Waals surface area (Å²) in [5.74, 6) is 0.646. The van der Waals surface area contributed by atoms with E-state index in [0.29, 0.717) is 20.9 Å². The van der Waals surface area contributed by atoms with Gasteiger partial charge in [0.1, 0.15) is 5.75 Å². The smallest absolute Gasteiger partial charge is 0.238 e. The van der Waals surface area contributed by atoms with Crippen LogP contribution < -0.4 is 15.6 Å². The van der Waals surface area contributed by atoms with Gasteiger partial charge in [-0.05, 0) is 46.3 Å². The molecule has 0 amide bonds. The van der Waals surface area contributed by atoms with Crippen molar-refractivity contribution in [2.45, 2.75) is 4.90 Å². The average molecular weight is 378 g/mol. The van der Waals surface area contributed by atoms with E-state index in [9.17, 15) is 8.42 Å². The Hall–Kier alpha value is -1.28. The number of hydrogen-bond donors (Lipinski definition) is 2. The average Bonchev–Trinajstić information content (AvgIpc) is 2.33. The number of ether oxygens (including phenoxy) is 1. The molecule has 0 heterocycles. The highest BCUT2D eigenvalue weighted by atomic mass is 79.9. The quantitative estimate of drug-likeness (QED) is 0.803. The van der Waals surface area contributed by atoms with Crippen molar-refractivity contribution in [3.63, 3.8) is 0 Å². The van der Waals surface area contributed by atoms with Crippen LogP contribution in [0, 0.1) is 0 Å². The molecule has 2 rings (SSSR count). The molecule has 20 heavy (non-hydrogen) atoms. The summed E-state index contributed by atoms with van der Waals surface area (Å²) in [6.45, 7) is 0. The Morgan fingerprint density at radius 2 is 1.80 bits per heavy atom. The van der Waals surface area contributed by atoms with Gasteiger partial charge in [-0.3, -0.25) is 0 Å². The third kappa shape index (κ3) is 3.43. The van der Waals surface area contributed by atoms with Crippen LogP contribution in [0.25, 0.3) is 0 Å². The molecule has 0 atom stereocenters. The van der Waals surface area contributed by atoms with Gasteiger partial charge < -0.3 is 10.5 Å². The third-order valence-electron chi connectivity index (χ3n) is 2.43. The normalized spacial score (nSPS) is 11.3. The molecular weight excluding hydrogens is 368 g/mol. The largest absolute Gasteiger partial charge is 0.454 e. The van der Waals surface area contributed by atoms with E-state index in [1.807, 2.05) is 0 Å². The summed E-state index contributed by atoms with van der Waals surface area (Å²) in [6, 6.07) is 8.92. The Kier molecular flexibility index (Phi) is 4.24. The first kappa shape index (κ1) is 15.1. The summed E-state index contributed by atoms with van der Waals surface area (Å²) in [5, 5.41) is 5.61. The predicted octanol–water partition coefficient (Wildman–Crippen LogP) is 3.12. The van der Waals surface area contributed by atoms with Crippen molar-refractivity contribution in [1.82, 2.24) is 0 Å². The lowest BCUT2D eigenvalue weighted by atomic mass is 10.3. The van der Waals surface area contributed by atoms with Crippen molar-refractivity contribution >= 4 is 43.2 Å². The van der Waals surface area contributed by atoms with Crippen molar-refractivity contribution < 1.29 is 13.2 Å². The van der Waals surface area contributed by atoms with E-state index in [-0.39, 0.29) is 10.6 Å². The van der Waals surface area contributed by atoms with Crippen molar-refractivity contribution in [2.24, 2.45) is 5.14 Å². The number of primary sulfonamides is 1. The van der Waals surface area contributed by atoms with Crippen LogP contribution in [0.1, 0.15) is 0 Å². The van der Waals surface area contributed by atoms with Crippen molar-refractivity contribution in [3.8, 4) is 11.5 Å². The van der Waals surface area contributed by atoms with Crippen LogP contribution in [0.4, 0.5) is 5.69 Å². The summed E-state index contributed by atoms with van der Waals surface area (Å²) in [4.78, 5) is -0.0771. The van der Waals surface area contributed by atoms with E-state index in [1.165, 1.54) is 18.2 Å². The minimum Gasteiger partial charge on any atom is -0.454 e. The maximum absolute atomic E-state index is 11.3. The maximum Gasteiger partial charge on any atom is 0.238 e. The van der Waals surface area contributed by atoms with Crippen LogP contribution in [0.15, 0.2) is 45.8 Å². The monoisotopic (exact) mass is 376 g/mol. The Morgan fingerprint density at radius 1 is 1.10 bits per heavy atom. The standard InChI is InChI=1S/C12H10BrClN2O3S/c13-9-5-7(14)1-4-11(9)19-12-6-8(20(16,17)18)2-3-10(12)15/h1-6H,15H2,(H2,16,17,18). The summed E-state index contributed by atoms with van der Waals surface area (Å²) in [5.41, 5.74) is 6.05. The first-order valence-electron chi connectivity index (χ1n) is 5.32. The van der Waals surface area contributed by atoms with Gasteiger partial charge in [0, 0.05) is 11.1 Å². The molecule has 4 N–H and O–H groups in total. The van der Waals surface area contributed by atoms with Crippen LogP contribution in [0.5, 0.6) is 11.5 Å². The van der Waals surface area contributed by atoms with Crippen LogP contribution in [0.2, 0.25) is 5.02 Å². The molecule has 0 aromatic heterocycles. The van der Waals surface area contributed by atoms with Crippen molar-refractivity contribution in [2.75, 3.05) is 5.73 Å². The molecule has 106 valence electrons. The van der Waals surface area contributed by atoms with Crippen molar-refractivity contribution in [1.29, 1.82) is 0 Å². The van der Waals surface area contributed by atoms with Gasteiger partial charge in [-0.2, -0.15) is 0 Å². The lowest BCUT2D eigenvalue weighted by Crippen LogP contribution is -2.12. The molecule has 0 aliphatic heterocycles. The first-order valence-corrected chi connectivity index (χ1v) is 8.04. The number of nitrogen functional groups attached to an aromatic ring is 1. The fourth-order valence-corrected chi connectivity index (χ4v) is 2.75. The zero-order chi connectivity index (χ0) is 14.9. The highest BCUT2D eigenvalue weighted by Gasteiger charge is 2.13. The Labute approximate surface area is 129 Å². The van der Waals surface area contributed by atoms with Crippen LogP contribution in [-0.4, -0.2) is 8.42 Å². The molecule has 0 spiro atoms. The van der Waals surface area contributed by atoms with Gasteiger partial charge in [0.25, 0.3) is 0 Å². The maximum atomic E-state index is 11.3. The van der Waals surface area contributed by atoms with E-state index in [2.05, 4.69) is 15.9 Å². The molecule has 5 nitrogen and oxygen atoms in total. The highest BCUT2D eigenvalue weighted by molar-refractivity contribution is 9.10. The molecule has 0 radical (unpaired) electrons. The van der Waals surface area contributed by atoms with Crippen LogP contribution in [-0.2, 0) is 10.0 Å². The van der Waals surface area contributed by atoms with E-state index in [1.54, 1.807) is 18.2 Å². The fraction of sp³-hybridized carbons (Fsp3) is 0. The molecule has 2 aromatic carbocycles. The van der Waals surface area contributed by atoms with Crippen LogP contribution >= 0.6 is 27.5 Å². The Bertz CT molecular complexity index is 765. The molecule has 0 aliphatic rings. The molecule has 0 bridgehead atoms. The number of benzene rings is 2. The SMILES string of the molecule is Nc1ccc(S(N)(=O)=O)cc1Oc1ccc(Cl)cc1Br. The second-order valence-corrected chi connectivity index (χ2v) is 6.77. The molecule has 0 saturated carbocycles. The molecule has 2 aromatic rings. The van der Waals surface area contributed by atoms with Gasteiger partial charge in [-0.1, -0.05) is 11.6 Å². The molecule has 0 aliphatic carbocycles. The number of halogens is 2. The molecule has 0 unspecified atom stereocenters. The van der Waals surface area contributed by atoms with Gasteiger partial charge in [0.05, 0.1) is 15.1 Å². The number of rotatable bonds is 3. The third-order valence-corrected chi connectivity index (χ3v) is 4.19. The number of nitrogens with two attached hydrogens (primary N) is 2. The van der Waals surface area contributed by atoms with E-state index >= 15 is 0 Å². The zero-order valence-corrected chi connectivity index (χ0v) is 13.2. The minimum absolute atomic E-state index is 0.0771. The topological polar surface area (TPSA) is 95.4 Å². The van der Waals surface area contributed by atoms with Gasteiger partial charge in [-0.15, -0.1) is 0 Å². The van der Waals surface area contributed by atoms with E-state index in [4.69, 9.17) is 27.2 Å². The van der Waals surface area contributed by atoms with Gasteiger partial charge in [0.2, 0.25) is 10.0 Å². The van der Waals surface area contributed by atoms with Crippen LogP contribution in [0.3, 0.4) is 0 Å². The summed E-state index contributed by atoms with van der Waals surface area (Å²) < 4.78 is 28.8. The second-order valence-electron chi connectivity index (χ2n) is 3.92. The second kappa shape index (κ2) is 5.61. The number of hydrogen-bond acceptors (Lipinski definition) is 4. The minimum atomic E-state index is -3.82. The van der Waals surface area contributed by atoms with E-state index in [0.717, 1.165) is 0 Å². The lowest BCUT2D eigenvalue weighted by molar-refractivity contribution is 0.480. The van der Waals surface area contributed by atoms with E-state index < -0.39 is 10.0 Å². The zero-order valence-electron chi connectivity index (χ0n) is 10.0. The predicted molar refractivity (Wildman–Crippen MR) is 81.5 cm³/mol. The van der Waals surface area contributed by atoms with Gasteiger partial charge >= 0.3 is 0 Å². The molecule has 0 saturated heterocycles. The Morgan fingerprint density at radius 3 is 2.40 bits per heavy atom. The van der Waals surface area contributed by atoms with Gasteiger partial charge in [0.15, 0.2) is 5.75 Å². The molecule has 0 fully saturated rings. The van der Waals surface area contributed by atoms with Gasteiger partial charge in [-0.25, -0.2) is 13.6 Å². The molecular formula is C12H10BrClN2O3S. The summed E-state index contributed by atoms with van der Waals surface area (Å²) in [6.07, 6.45) is 0. The molecule has 8 heteroatoms.